The molecule has 2 heterocycles. The number of morpholine rings is 1. The summed E-state index contributed by atoms with van der Waals surface area (Å²) in [6.45, 7) is 4.77. The number of para-hydroxylation sites is 2. The number of hydrogen-bond acceptors (Lipinski definition) is 5. The molecule has 0 radical (unpaired) electrons. The number of urea groups is 1. The monoisotopic (exact) mass is 302 g/mol. The molecule has 2 aromatic rings. The van der Waals surface area contributed by atoms with Crippen LogP contribution >= 0.6 is 0 Å². The summed E-state index contributed by atoms with van der Waals surface area (Å²) in [5.41, 5.74) is 1.74. The normalized spacial score (nSPS) is 14.7. The number of amides is 2. The average molecular weight is 302 g/mol. The lowest BCUT2D eigenvalue weighted by Crippen LogP contribution is -2.37. The maximum absolute atomic E-state index is 12.1. The molecule has 1 aliphatic heterocycles. The Kier molecular flexibility index (Phi) is 4.24. The third-order valence-corrected chi connectivity index (χ3v) is 3.37. The highest BCUT2D eigenvalue weighted by molar-refractivity contribution is 6.01. The molecule has 1 saturated heterocycles. The van der Waals surface area contributed by atoms with E-state index in [1.54, 1.807) is 13.0 Å². The van der Waals surface area contributed by atoms with Gasteiger partial charge in [0, 0.05) is 19.2 Å². The van der Waals surface area contributed by atoms with E-state index in [4.69, 9.17) is 9.26 Å². The van der Waals surface area contributed by atoms with E-state index in [1.165, 1.54) is 0 Å². The van der Waals surface area contributed by atoms with E-state index in [9.17, 15) is 4.79 Å². The molecule has 1 aliphatic rings. The summed E-state index contributed by atoms with van der Waals surface area (Å²) in [5, 5.41) is 9.23. The van der Waals surface area contributed by atoms with Crippen molar-refractivity contribution in [3.8, 4) is 0 Å². The lowest BCUT2D eigenvalue weighted by Gasteiger charge is -2.30. The Hall–Kier alpha value is -2.54. The summed E-state index contributed by atoms with van der Waals surface area (Å²) in [4.78, 5) is 14.3. The van der Waals surface area contributed by atoms with Gasteiger partial charge in [-0.1, -0.05) is 17.3 Å². The van der Waals surface area contributed by atoms with Gasteiger partial charge >= 0.3 is 6.03 Å². The smallest absolute Gasteiger partial charge is 0.325 e. The molecule has 0 spiro atoms. The highest BCUT2D eigenvalue weighted by atomic mass is 16.5. The van der Waals surface area contributed by atoms with Crippen molar-refractivity contribution in [3.05, 3.63) is 36.1 Å². The summed E-state index contributed by atoms with van der Waals surface area (Å²) in [7, 11) is 0. The van der Waals surface area contributed by atoms with Gasteiger partial charge in [-0.25, -0.2) is 4.79 Å². The molecule has 2 amide bonds. The standard InChI is InChI=1S/C15H18N4O3/c1-11-10-14(18-22-11)17-15(20)16-12-4-2-3-5-13(12)19-6-8-21-9-7-19/h2-5,10H,6-9H2,1H3,(H2,16,17,18,20). The van der Waals surface area contributed by atoms with Crippen LogP contribution in [0.2, 0.25) is 0 Å². The number of aromatic nitrogens is 1. The van der Waals surface area contributed by atoms with Gasteiger partial charge < -0.3 is 19.5 Å². The first-order chi connectivity index (χ1) is 10.7. The molecule has 0 atom stereocenters. The third kappa shape index (κ3) is 3.37. The average Bonchev–Trinajstić information content (AvgIpc) is 2.93. The van der Waals surface area contributed by atoms with Crippen LogP contribution in [0.25, 0.3) is 0 Å². The second-order valence-corrected chi connectivity index (χ2v) is 5.02. The number of benzene rings is 1. The third-order valence-electron chi connectivity index (χ3n) is 3.37. The van der Waals surface area contributed by atoms with Gasteiger partial charge in [0.05, 0.1) is 24.6 Å². The van der Waals surface area contributed by atoms with Gasteiger partial charge in [-0.2, -0.15) is 0 Å². The molecule has 22 heavy (non-hydrogen) atoms. The van der Waals surface area contributed by atoms with Crippen molar-refractivity contribution in [2.24, 2.45) is 0 Å². The van der Waals surface area contributed by atoms with Gasteiger partial charge in [-0.3, -0.25) is 5.32 Å². The SMILES string of the molecule is Cc1cc(NC(=O)Nc2ccccc2N2CCOCC2)no1. The Morgan fingerprint density at radius 3 is 2.73 bits per heavy atom. The zero-order chi connectivity index (χ0) is 15.4. The van der Waals surface area contributed by atoms with Gasteiger partial charge in [-0.05, 0) is 19.1 Å². The van der Waals surface area contributed by atoms with Gasteiger partial charge in [0.25, 0.3) is 0 Å². The Morgan fingerprint density at radius 2 is 2.00 bits per heavy atom. The molecule has 116 valence electrons. The van der Waals surface area contributed by atoms with Crippen LogP contribution in [-0.4, -0.2) is 37.5 Å². The molecule has 7 nitrogen and oxygen atoms in total. The first kappa shape index (κ1) is 14.4. The van der Waals surface area contributed by atoms with Gasteiger partial charge in [-0.15, -0.1) is 0 Å². The van der Waals surface area contributed by atoms with E-state index >= 15 is 0 Å². The van der Waals surface area contributed by atoms with Crippen LogP contribution < -0.4 is 15.5 Å². The Bertz CT molecular complexity index is 650. The minimum absolute atomic E-state index is 0.353. The fraction of sp³-hybridized carbons (Fsp3) is 0.333. The highest BCUT2D eigenvalue weighted by Crippen LogP contribution is 2.26. The summed E-state index contributed by atoms with van der Waals surface area (Å²) in [6, 6.07) is 9.01. The van der Waals surface area contributed by atoms with E-state index in [-0.39, 0.29) is 6.03 Å². The first-order valence-electron chi connectivity index (χ1n) is 7.15. The number of nitrogens with zero attached hydrogens (tertiary/aromatic N) is 2. The molecule has 1 aromatic carbocycles. The van der Waals surface area contributed by atoms with Crippen molar-refractivity contribution in [1.82, 2.24) is 5.16 Å². The second kappa shape index (κ2) is 6.48. The van der Waals surface area contributed by atoms with Crippen molar-refractivity contribution < 1.29 is 14.1 Å². The summed E-state index contributed by atoms with van der Waals surface area (Å²) in [6.07, 6.45) is 0. The number of nitrogens with one attached hydrogen (secondary N) is 2. The number of rotatable bonds is 3. The number of ether oxygens (including phenoxy) is 1. The number of carbonyl (C=O) groups excluding carboxylic acids is 1. The second-order valence-electron chi connectivity index (χ2n) is 5.02. The zero-order valence-corrected chi connectivity index (χ0v) is 12.3. The van der Waals surface area contributed by atoms with Gasteiger partial charge in [0.15, 0.2) is 5.82 Å². The molecule has 0 aliphatic carbocycles. The topological polar surface area (TPSA) is 79.6 Å². The largest absolute Gasteiger partial charge is 0.378 e. The quantitative estimate of drug-likeness (QED) is 0.910. The van der Waals surface area contributed by atoms with E-state index < -0.39 is 0 Å². The lowest BCUT2D eigenvalue weighted by atomic mass is 10.2. The van der Waals surface area contributed by atoms with Crippen LogP contribution in [0.4, 0.5) is 22.0 Å². The number of hydrogen-bond donors (Lipinski definition) is 2. The number of carbonyl (C=O) groups is 1. The van der Waals surface area contributed by atoms with Gasteiger partial charge in [0.2, 0.25) is 0 Å². The van der Waals surface area contributed by atoms with E-state index in [2.05, 4.69) is 20.7 Å². The van der Waals surface area contributed by atoms with Crippen molar-refractivity contribution in [3.63, 3.8) is 0 Å². The molecule has 0 bridgehead atoms. The van der Waals surface area contributed by atoms with Crippen molar-refractivity contribution in [2.75, 3.05) is 41.8 Å². The van der Waals surface area contributed by atoms with Crippen LogP contribution in [0.3, 0.4) is 0 Å². The number of anilines is 3. The summed E-state index contributed by atoms with van der Waals surface area (Å²) >= 11 is 0. The molecule has 7 heteroatoms. The molecule has 0 saturated carbocycles. The minimum atomic E-state index is -0.353. The molecule has 1 aromatic heterocycles. The maximum Gasteiger partial charge on any atom is 0.325 e. The molecular formula is C15H18N4O3. The van der Waals surface area contributed by atoms with Gasteiger partial charge in [0.1, 0.15) is 5.76 Å². The zero-order valence-electron chi connectivity index (χ0n) is 12.3. The Morgan fingerprint density at radius 1 is 1.23 bits per heavy atom. The van der Waals surface area contributed by atoms with Crippen LogP contribution in [0, 0.1) is 6.92 Å². The van der Waals surface area contributed by atoms with Crippen molar-refractivity contribution in [2.45, 2.75) is 6.92 Å². The summed E-state index contributed by atoms with van der Waals surface area (Å²) < 4.78 is 10.3. The van der Waals surface area contributed by atoms with Crippen LogP contribution in [0.5, 0.6) is 0 Å². The fourth-order valence-corrected chi connectivity index (χ4v) is 2.35. The molecule has 3 rings (SSSR count). The van der Waals surface area contributed by atoms with E-state index in [0.717, 1.165) is 24.5 Å². The van der Waals surface area contributed by atoms with E-state index in [0.29, 0.717) is 24.8 Å². The van der Waals surface area contributed by atoms with Crippen LogP contribution in [0.1, 0.15) is 5.76 Å². The maximum atomic E-state index is 12.1. The lowest BCUT2D eigenvalue weighted by molar-refractivity contribution is 0.123. The van der Waals surface area contributed by atoms with Crippen LogP contribution in [-0.2, 0) is 4.74 Å². The molecular weight excluding hydrogens is 284 g/mol. The van der Waals surface area contributed by atoms with Crippen molar-refractivity contribution >= 4 is 23.2 Å². The van der Waals surface area contributed by atoms with Crippen molar-refractivity contribution in [1.29, 1.82) is 0 Å². The predicted octanol–water partition coefficient (Wildman–Crippen LogP) is 2.46. The predicted molar refractivity (Wildman–Crippen MR) is 83.4 cm³/mol. The molecule has 1 fully saturated rings. The molecule has 0 unspecified atom stereocenters. The Balaban J connectivity index is 1.70. The minimum Gasteiger partial charge on any atom is -0.378 e. The summed E-state index contributed by atoms with van der Waals surface area (Å²) in [5.74, 6) is 1.03. The fourth-order valence-electron chi connectivity index (χ4n) is 2.35. The molecule has 2 N–H and O–H groups in total. The van der Waals surface area contributed by atoms with E-state index in [1.807, 2.05) is 24.3 Å². The first-order valence-corrected chi connectivity index (χ1v) is 7.15. The highest BCUT2D eigenvalue weighted by Gasteiger charge is 2.16. The Labute approximate surface area is 128 Å². The van der Waals surface area contributed by atoms with Crippen LogP contribution in [0.15, 0.2) is 34.9 Å². The number of aryl methyl sites for hydroxylation is 1.